The number of allylic oxidation sites excluding steroid dienone is 1. The molecule has 0 aliphatic heterocycles. The predicted octanol–water partition coefficient (Wildman–Crippen LogP) is 4.28. The molecule has 0 saturated carbocycles. The van der Waals surface area contributed by atoms with E-state index in [9.17, 15) is 9.59 Å². The summed E-state index contributed by atoms with van der Waals surface area (Å²) in [7, 11) is 1.79. The quantitative estimate of drug-likeness (QED) is 0.277. The molecule has 1 N–H and O–H groups in total. The summed E-state index contributed by atoms with van der Waals surface area (Å²) in [5.41, 5.74) is 2.42. The van der Waals surface area contributed by atoms with Gasteiger partial charge in [-0.2, -0.15) is 0 Å². The first-order valence-corrected chi connectivity index (χ1v) is 12.7. The Kier molecular flexibility index (Phi) is 7.18. The van der Waals surface area contributed by atoms with Gasteiger partial charge in [0.05, 0.1) is 17.1 Å². The molecule has 0 aliphatic carbocycles. The fourth-order valence-corrected chi connectivity index (χ4v) is 5.17. The first-order chi connectivity index (χ1) is 16.4. The Hall–Kier alpha value is -3.37. The van der Waals surface area contributed by atoms with Crippen molar-refractivity contribution >= 4 is 34.7 Å². The Morgan fingerprint density at radius 1 is 1.26 bits per heavy atom. The second-order valence-corrected chi connectivity index (χ2v) is 9.57. The van der Waals surface area contributed by atoms with E-state index in [0.717, 1.165) is 23.5 Å². The van der Waals surface area contributed by atoms with Crippen molar-refractivity contribution in [1.29, 1.82) is 0 Å². The van der Waals surface area contributed by atoms with Gasteiger partial charge >= 0.3 is 0 Å². The fraction of sp³-hybridized carbons (Fsp3) is 0.250. The maximum atomic E-state index is 13.0. The van der Waals surface area contributed by atoms with Gasteiger partial charge in [-0.15, -0.1) is 28.1 Å². The molecule has 4 rings (SSSR count). The largest absolute Gasteiger partial charge is 0.319 e. The Morgan fingerprint density at radius 3 is 2.71 bits per heavy atom. The molecule has 0 bridgehead atoms. The number of aryl methyl sites for hydroxylation is 1. The van der Waals surface area contributed by atoms with Crippen LogP contribution in [-0.4, -0.2) is 35.8 Å². The number of nitrogens with one attached hydrogen (secondary N) is 1. The van der Waals surface area contributed by atoms with Crippen LogP contribution in [0.2, 0.25) is 0 Å². The molecule has 3 heterocycles. The third-order valence-corrected chi connectivity index (χ3v) is 7.49. The van der Waals surface area contributed by atoms with Gasteiger partial charge in [-0.3, -0.25) is 18.8 Å². The topological polar surface area (TPSA) is 86.7 Å². The van der Waals surface area contributed by atoms with E-state index in [2.05, 4.69) is 40.5 Å². The lowest BCUT2D eigenvalue weighted by atomic mass is 10.2. The summed E-state index contributed by atoms with van der Waals surface area (Å²) in [5, 5.41) is 14.1. The summed E-state index contributed by atoms with van der Waals surface area (Å²) in [6.07, 6.45) is 2.75. The number of carbonyl (C=O) groups is 1. The Bertz CT molecular complexity index is 1380. The average Bonchev–Trinajstić information content (AvgIpc) is 3.53. The van der Waals surface area contributed by atoms with Gasteiger partial charge < -0.3 is 5.32 Å². The highest BCUT2D eigenvalue weighted by molar-refractivity contribution is 7.99. The Labute approximate surface area is 205 Å². The molecule has 176 valence electrons. The van der Waals surface area contributed by atoms with Crippen LogP contribution in [0.3, 0.4) is 0 Å². The number of rotatable bonds is 9. The van der Waals surface area contributed by atoms with E-state index in [4.69, 9.17) is 0 Å². The summed E-state index contributed by atoms with van der Waals surface area (Å²) in [6.45, 7) is 8.29. The van der Waals surface area contributed by atoms with Crippen molar-refractivity contribution in [2.24, 2.45) is 7.05 Å². The molecule has 3 aromatic heterocycles. The molecule has 0 aliphatic rings. The maximum absolute atomic E-state index is 13.0. The van der Waals surface area contributed by atoms with E-state index < -0.39 is 0 Å². The predicted molar refractivity (Wildman–Crippen MR) is 138 cm³/mol. The molecular weight excluding hydrogens is 468 g/mol. The number of benzene rings is 1. The van der Waals surface area contributed by atoms with E-state index in [1.807, 2.05) is 41.8 Å². The van der Waals surface area contributed by atoms with Gasteiger partial charge in [0.1, 0.15) is 5.69 Å². The standard InChI is InChI=1S/C24H26N6O2S2/c1-5-12-29-22(17-13-19(6-2)33-14-17)26-27-24(29)34-15-20(31)25-21-16(3)28(4)30(23(21)32)18-10-8-7-9-11-18/h5,7-11,13-14H,1,6,12,15H2,2-4H3,(H,25,31). The van der Waals surface area contributed by atoms with Crippen LogP contribution in [0.5, 0.6) is 0 Å². The highest BCUT2D eigenvalue weighted by atomic mass is 32.2. The summed E-state index contributed by atoms with van der Waals surface area (Å²) >= 11 is 2.97. The number of para-hydroxylation sites is 1. The number of nitrogens with zero attached hydrogens (tertiary/aromatic N) is 5. The molecule has 1 aromatic carbocycles. The van der Waals surface area contributed by atoms with Crippen molar-refractivity contribution in [1.82, 2.24) is 24.1 Å². The van der Waals surface area contributed by atoms with Crippen molar-refractivity contribution < 1.29 is 4.79 Å². The number of hydrogen-bond donors (Lipinski definition) is 1. The summed E-state index contributed by atoms with van der Waals surface area (Å²) < 4.78 is 5.22. The number of anilines is 1. The van der Waals surface area contributed by atoms with Gasteiger partial charge in [0, 0.05) is 29.4 Å². The van der Waals surface area contributed by atoms with E-state index in [0.29, 0.717) is 17.4 Å². The molecule has 4 aromatic rings. The minimum atomic E-state index is -0.283. The lowest BCUT2D eigenvalue weighted by molar-refractivity contribution is -0.113. The SMILES string of the molecule is C=CCn1c(SCC(=O)Nc2c(C)n(C)n(-c3ccccc3)c2=O)nnc1-c1csc(CC)c1. The summed E-state index contributed by atoms with van der Waals surface area (Å²) in [6, 6.07) is 11.4. The van der Waals surface area contributed by atoms with Crippen LogP contribution in [0.1, 0.15) is 17.5 Å². The third kappa shape index (κ3) is 4.64. The molecule has 0 radical (unpaired) electrons. The molecular formula is C24H26N6O2S2. The van der Waals surface area contributed by atoms with Gasteiger partial charge in [0.15, 0.2) is 11.0 Å². The van der Waals surface area contributed by atoms with Gasteiger partial charge in [-0.05, 0) is 31.5 Å². The van der Waals surface area contributed by atoms with Gasteiger partial charge in [0.25, 0.3) is 5.56 Å². The fourth-order valence-electron chi connectivity index (χ4n) is 3.60. The zero-order valence-electron chi connectivity index (χ0n) is 19.3. The second kappa shape index (κ2) is 10.3. The summed E-state index contributed by atoms with van der Waals surface area (Å²) in [5.74, 6) is 0.566. The highest BCUT2D eigenvalue weighted by Gasteiger charge is 2.20. The lowest BCUT2D eigenvalue weighted by Gasteiger charge is -2.07. The van der Waals surface area contributed by atoms with Crippen LogP contribution in [-0.2, 0) is 24.8 Å². The molecule has 0 spiro atoms. The summed E-state index contributed by atoms with van der Waals surface area (Å²) in [4.78, 5) is 27.1. The van der Waals surface area contributed by atoms with Crippen LogP contribution in [0.15, 0.2) is 64.4 Å². The van der Waals surface area contributed by atoms with Crippen molar-refractivity contribution in [2.75, 3.05) is 11.1 Å². The first kappa shape index (κ1) is 23.8. The van der Waals surface area contributed by atoms with Crippen molar-refractivity contribution in [3.05, 3.63) is 75.4 Å². The maximum Gasteiger partial charge on any atom is 0.295 e. The van der Waals surface area contributed by atoms with Crippen molar-refractivity contribution in [2.45, 2.75) is 32.0 Å². The third-order valence-electron chi connectivity index (χ3n) is 5.44. The minimum absolute atomic E-state index is 0.0955. The number of aromatic nitrogens is 5. The van der Waals surface area contributed by atoms with Crippen LogP contribution < -0.4 is 10.9 Å². The monoisotopic (exact) mass is 494 g/mol. The van der Waals surface area contributed by atoms with Crippen LogP contribution in [0.4, 0.5) is 5.69 Å². The highest BCUT2D eigenvalue weighted by Crippen LogP contribution is 2.28. The molecule has 0 saturated heterocycles. The average molecular weight is 495 g/mol. The first-order valence-electron chi connectivity index (χ1n) is 10.8. The Morgan fingerprint density at radius 2 is 2.03 bits per heavy atom. The number of carbonyl (C=O) groups excluding carboxylic acids is 1. The molecule has 8 nitrogen and oxygen atoms in total. The smallest absolute Gasteiger partial charge is 0.295 e. The molecule has 0 unspecified atom stereocenters. The molecule has 0 fully saturated rings. The number of hydrogen-bond acceptors (Lipinski definition) is 6. The molecule has 1 amide bonds. The zero-order valence-corrected chi connectivity index (χ0v) is 20.9. The van der Waals surface area contributed by atoms with Gasteiger partial charge in [0.2, 0.25) is 5.91 Å². The van der Waals surface area contributed by atoms with Crippen LogP contribution in [0.25, 0.3) is 17.1 Å². The number of thioether (sulfide) groups is 1. The molecule has 10 heteroatoms. The van der Waals surface area contributed by atoms with Gasteiger partial charge in [-0.25, -0.2) is 4.68 Å². The normalized spacial score (nSPS) is 11.0. The van der Waals surface area contributed by atoms with E-state index in [-0.39, 0.29) is 22.9 Å². The van der Waals surface area contributed by atoms with E-state index in [1.54, 1.807) is 29.1 Å². The van der Waals surface area contributed by atoms with Gasteiger partial charge in [-0.1, -0.05) is 43.0 Å². The second-order valence-electron chi connectivity index (χ2n) is 7.63. The van der Waals surface area contributed by atoms with Crippen LogP contribution in [0, 0.1) is 6.92 Å². The lowest BCUT2D eigenvalue weighted by Crippen LogP contribution is -2.23. The zero-order chi connectivity index (χ0) is 24.2. The number of amides is 1. The minimum Gasteiger partial charge on any atom is -0.319 e. The molecule has 0 atom stereocenters. The van der Waals surface area contributed by atoms with Crippen LogP contribution >= 0.6 is 23.1 Å². The van der Waals surface area contributed by atoms with Crippen molar-refractivity contribution in [3.63, 3.8) is 0 Å². The van der Waals surface area contributed by atoms with E-state index >= 15 is 0 Å². The molecule has 34 heavy (non-hydrogen) atoms. The van der Waals surface area contributed by atoms with E-state index in [1.165, 1.54) is 21.3 Å². The Balaban J connectivity index is 1.51. The van der Waals surface area contributed by atoms with Crippen molar-refractivity contribution in [3.8, 4) is 17.1 Å². The number of thiophene rings is 1.